The standard InChI is InChI=1S/C19H16ClN5O/c20-19-23-17(21-11-12-26-15-9-5-2-6-10-15)16-18(24-19)25(13-22-16)14-7-3-1-4-8-14/h1-10,13H,11-12H2,(H,21,23,24). The summed E-state index contributed by atoms with van der Waals surface area (Å²) in [6.45, 7) is 1.06. The summed E-state index contributed by atoms with van der Waals surface area (Å²) in [5, 5.41) is 3.40. The molecule has 0 saturated carbocycles. The summed E-state index contributed by atoms with van der Waals surface area (Å²) >= 11 is 6.11. The van der Waals surface area contributed by atoms with Gasteiger partial charge in [-0.3, -0.25) is 4.57 Å². The average Bonchev–Trinajstić information content (AvgIpc) is 3.10. The van der Waals surface area contributed by atoms with Gasteiger partial charge >= 0.3 is 0 Å². The van der Waals surface area contributed by atoms with Gasteiger partial charge in [-0.2, -0.15) is 9.97 Å². The average molecular weight is 366 g/mol. The number of ether oxygens (including phenoxy) is 1. The highest BCUT2D eigenvalue weighted by atomic mass is 35.5. The molecule has 0 bridgehead atoms. The van der Waals surface area contributed by atoms with Gasteiger partial charge in [-0.1, -0.05) is 36.4 Å². The number of para-hydroxylation sites is 2. The Morgan fingerprint density at radius 1 is 0.962 bits per heavy atom. The summed E-state index contributed by atoms with van der Waals surface area (Å²) in [5.41, 5.74) is 2.28. The van der Waals surface area contributed by atoms with E-state index in [9.17, 15) is 0 Å². The van der Waals surface area contributed by atoms with Crippen LogP contribution in [0.15, 0.2) is 67.0 Å². The second-order valence-corrected chi connectivity index (χ2v) is 5.89. The molecule has 0 atom stereocenters. The number of rotatable bonds is 6. The van der Waals surface area contributed by atoms with Crippen LogP contribution >= 0.6 is 11.6 Å². The van der Waals surface area contributed by atoms with Crippen molar-refractivity contribution < 1.29 is 4.74 Å². The van der Waals surface area contributed by atoms with Gasteiger partial charge in [0.1, 0.15) is 18.7 Å². The molecular formula is C19H16ClN5O. The van der Waals surface area contributed by atoms with Crippen molar-refractivity contribution in [2.75, 3.05) is 18.5 Å². The molecule has 4 rings (SSSR count). The Labute approximate surface area is 155 Å². The smallest absolute Gasteiger partial charge is 0.226 e. The summed E-state index contributed by atoms with van der Waals surface area (Å²) in [6.07, 6.45) is 1.72. The highest BCUT2D eigenvalue weighted by molar-refractivity contribution is 6.28. The van der Waals surface area contributed by atoms with Crippen molar-refractivity contribution in [1.82, 2.24) is 19.5 Å². The fourth-order valence-electron chi connectivity index (χ4n) is 2.63. The minimum absolute atomic E-state index is 0.168. The molecule has 0 fully saturated rings. The van der Waals surface area contributed by atoms with E-state index in [1.165, 1.54) is 0 Å². The molecule has 130 valence electrons. The van der Waals surface area contributed by atoms with Gasteiger partial charge in [-0.05, 0) is 35.9 Å². The Balaban J connectivity index is 1.53. The minimum atomic E-state index is 0.168. The van der Waals surface area contributed by atoms with Gasteiger partial charge in [0.15, 0.2) is 17.0 Å². The predicted octanol–water partition coefficient (Wildman–Crippen LogP) is 3.96. The van der Waals surface area contributed by atoms with Crippen molar-refractivity contribution in [3.8, 4) is 11.4 Å². The summed E-state index contributed by atoms with van der Waals surface area (Å²) in [7, 11) is 0. The topological polar surface area (TPSA) is 64.9 Å². The van der Waals surface area contributed by atoms with E-state index in [1.54, 1.807) is 6.33 Å². The largest absolute Gasteiger partial charge is 0.492 e. The second-order valence-electron chi connectivity index (χ2n) is 5.55. The summed E-state index contributed by atoms with van der Waals surface area (Å²) in [5.74, 6) is 1.42. The van der Waals surface area contributed by atoms with Crippen LogP contribution in [0.1, 0.15) is 0 Å². The maximum atomic E-state index is 6.11. The van der Waals surface area contributed by atoms with Crippen LogP contribution in [0.4, 0.5) is 5.82 Å². The van der Waals surface area contributed by atoms with E-state index in [-0.39, 0.29) is 5.28 Å². The first-order valence-corrected chi connectivity index (χ1v) is 8.57. The molecule has 2 heterocycles. The van der Waals surface area contributed by atoms with Crippen molar-refractivity contribution in [3.63, 3.8) is 0 Å². The molecule has 0 aliphatic carbocycles. The molecule has 1 N–H and O–H groups in total. The van der Waals surface area contributed by atoms with Crippen molar-refractivity contribution in [1.29, 1.82) is 0 Å². The molecule has 2 aromatic heterocycles. The molecule has 0 spiro atoms. The number of aromatic nitrogens is 4. The van der Waals surface area contributed by atoms with Crippen LogP contribution in [0.5, 0.6) is 5.75 Å². The number of benzene rings is 2. The number of hydrogen-bond acceptors (Lipinski definition) is 5. The van der Waals surface area contributed by atoms with Crippen molar-refractivity contribution in [3.05, 3.63) is 72.3 Å². The monoisotopic (exact) mass is 365 g/mol. The lowest BCUT2D eigenvalue weighted by molar-refractivity contribution is 0.333. The normalized spacial score (nSPS) is 10.8. The number of halogens is 1. The van der Waals surface area contributed by atoms with E-state index in [2.05, 4.69) is 20.3 Å². The zero-order valence-electron chi connectivity index (χ0n) is 13.8. The Morgan fingerprint density at radius 3 is 2.46 bits per heavy atom. The zero-order chi connectivity index (χ0) is 17.8. The van der Waals surface area contributed by atoms with Gasteiger partial charge in [0.25, 0.3) is 0 Å². The van der Waals surface area contributed by atoms with E-state index in [4.69, 9.17) is 16.3 Å². The first-order valence-electron chi connectivity index (χ1n) is 8.19. The molecular weight excluding hydrogens is 350 g/mol. The van der Waals surface area contributed by atoms with Crippen molar-refractivity contribution in [2.24, 2.45) is 0 Å². The molecule has 2 aromatic carbocycles. The van der Waals surface area contributed by atoms with Crippen LogP contribution in [-0.2, 0) is 0 Å². The molecule has 0 aliphatic rings. The van der Waals surface area contributed by atoms with Gasteiger partial charge in [-0.25, -0.2) is 4.98 Å². The number of nitrogens with one attached hydrogen (secondary N) is 1. The molecule has 4 aromatic rings. The minimum Gasteiger partial charge on any atom is -0.492 e. The highest BCUT2D eigenvalue weighted by Crippen LogP contribution is 2.23. The molecule has 0 unspecified atom stereocenters. The third-order valence-electron chi connectivity index (χ3n) is 3.81. The van der Waals surface area contributed by atoms with Crippen LogP contribution in [0.25, 0.3) is 16.9 Å². The first-order chi connectivity index (χ1) is 12.8. The number of nitrogens with zero attached hydrogens (tertiary/aromatic N) is 4. The lowest BCUT2D eigenvalue weighted by Gasteiger charge is -2.09. The van der Waals surface area contributed by atoms with Crippen molar-refractivity contribution in [2.45, 2.75) is 0 Å². The molecule has 0 aliphatic heterocycles. The van der Waals surface area contributed by atoms with Gasteiger partial charge in [0.2, 0.25) is 5.28 Å². The zero-order valence-corrected chi connectivity index (χ0v) is 14.6. The summed E-state index contributed by atoms with van der Waals surface area (Å²) in [6, 6.07) is 19.5. The molecule has 0 amide bonds. The summed E-state index contributed by atoms with van der Waals surface area (Å²) in [4.78, 5) is 13.0. The number of fused-ring (bicyclic) bond motifs is 1. The van der Waals surface area contributed by atoms with Gasteiger partial charge in [-0.15, -0.1) is 0 Å². The Morgan fingerprint density at radius 2 is 1.69 bits per heavy atom. The van der Waals surface area contributed by atoms with Gasteiger partial charge < -0.3 is 10.1 Å². The molecule has 7 heteroatoms. The van der Waals surface area contributed by atoms with Crippen molar-refractivity contribution >= 4 is 28.6 Å². The quantitative estimate of drug-likeness (QED) is 0.414. The van der Waals surface area contributed by atoms with Crippen LogP contribution in [0.2, 0.25) is 5.28 Å². The van der Waals surface area contributed by atoms with Gasteiger partial charge in [0.05, 0.1) is 6.54 Å². The van der Waals surface area contributed by atoms with Crippen LogP contribution < -0.4 is 10.1 Å². The maximum absolute atomic E-state index is 6.11. The third kappa shape index (κ3) is 3.45. The molecule has 26 heavy (non-hydrogen) atoms. The van der Waals surface area contributed by atoms with Crippen LogP contribution in [0.3, 0.4) is 0 Å². The number of hydrogen-bond donors (Lipinski definition) is 1. The third-order valence-corrected chi connectivity index (χ3v) is 3.98. The lowest BCUT2D eigenvalue weighted by Crippen LogP contribution is -2.13. The Hall–Kier alpha value is -3.12. The van der Waals surface area contributed by atoms with Gasteiger partial charge in [0, 0.05) is 5.69 Å². The first kappa shape index (κ1) is 16.4. The molecule has 6 nitrogen and oxygen atoms in total. The van der Waals surface area contributed by atoms with Crippen LogP contribution in [-0.4, -0.2) is 32.7 Å². The molecule has 0 saturated heterocycles. The number of imidazole rings is 1. The van der Waals surface area contributed by atoms with E-state index in [0.717, 1.165) is 11.4 Å². The van der Waals surface area contributed by atoms with E-state index >= 15 is 0 Å². The SMILES string of the molecule is Clc1nc(NCCOc2ccccc2)c2ncn(-c3ccccc3)c2n1. The second kappa shape index (κ2) is 7.41. The Kier molecular flexibility index (Phi) is 4.66. The van der Waals surface area contributed by atoms with E-state index < -0.39 is 0 Å². The summed E-state index contributed by atoms with van der Waals surface area (Å²) < 4.78 is 7.56. The van der Waals surface area contributed by atoms with Crippen LogP contribution in [0, 0.1) is 0 Å². The predicted molar refractivity (Wildman–Crippen MR) is 102 cm³/mol. The van der Waals surface area contributed by atoms with E-state index in [0.29, 0.717) is 30.1 Å². The number of anilines is 1. The van der Waals surface area contributed by atoms with E-state index in [1.807, 2.05) is 65.2 Å². The molecule has 0 radical (unpaired) electrons. The lowest BCUT2D eigenvalue weighted by atomic mass is 10.3. The highest BCUT2D eigenvalue weighted by Gasteiger charge is 2.13. The Bertz CT molecular complexity index is 1000. The fraction of sp³-hybridized carbons (Fsp3) is 0.105. The maximum Gasteiger partial charge on any atom is 0.226 e. The fourth-order valence-corrected chi connectivity index (χ4v) is 2.79.